The van der Waals surface area contributed by atoms with Crippen LogP contribution < -0.4 is 10.3 Å². The second kappa shape index (κ2) is 6.68. The molecule has 33 heavy (non-hydrogen) atoms. The molecule has 2 aromatic carbocycles. The summed E-state index contributed by atoms with van der Waals surface area (Å²) in [6.45, 7) is 4.16. The van der Waals surface area contributed by atoms with Gasteiger partial charge in [0.2, 0.25) is 5.76 Å². The highest BCUT2D eigenvalue weighted by Gasteiger charge is 2.64. The van der Waals surface area contributed by atoms with E-state index in [1.807, 2.05) is 38.1 Å². The Labute approximate surface area is 188 Å². The largest absolute Gasteiger partial charge is 0.467 e. The van der Waals surface area contributed by atoms with Crippen LogP contribution in [0.15, 0.2) is 74.5 Å². The van der Waals surface area contributed by atoms with Crippen LogP contribution in [-0.2, 0) is 16.9 Å². The van der Waals surface area contributed by atoms with Crippen molar-refractivity contribution in [3.8, 4) is 0 Å². The number of fused-ring (bicyclic) bond motifs is 5. The van der Waals surface area contributed by atoms with E-state index in [1.165, 1.54) is 11.2 Å². The summed E-state index contributed by atoms with van der Waals surface area (Å²) in [5, 5.41) is 0.348. The zero-order valence-corrected chi connectivity index (χ0v) is 18.1. The van der Waals surface area contributed by atoms with Gasteiger partial charge in [-0.05, 0) is 44.2 Å². The molecule has 2 aromatic heterocycles. The van der Waals surface area contributed by atoms with Crippen LogP contribution in [0.3, 0.4) is 0 Å². The molecule has 7 nitrogen and oxygen atoms in total. The Kier molecular flexibility index (Phi) is 3.96. The lowest BCUT2D eigenvalue weighted by molar-refractivity contribution is -0.126. The van der Waals surface area contributed by atoms with Crippen LogP contribution in [0.5, 0.6) is 0 Å². The van der Waals surface area contributed by atoms with Crippen molar-refractivity contribution in [1.82, 2.24) is 4.90 Å². The fourth-order valence-electron chi connectivity index (χ4n) is 5.20. The Morgan fingerprint density at radius 3 is 2.58 bits per heavy atom. The number of furan rings is 1. The normalized spacial score (nSPS) is 19.1. The van der Waals surface area contributed by atoms with Gasteiger partial charge in [0.25, 0.3) is 11.8 Å². The number of aryl methyl sites for hydroxylation is 1. The van der Waals surface area contributed by atoms with Crippen LogP contribution in [0.25, 0.3) is 11.0 Å². The number of carbonyl (C=O) groups excluding carboxylic acids is 2. The molecular formula is C26H20N2O5. The zero-order chi connectivity index (χ0) is 22.9. The SMILES string of the molecule is CCN1C(=O)C2(c3ccccc31)c1c(oc3ccc(C)cc3c1=O)C(=O)N2Cc1ccco1. The highest BCUT2D eigenvalue weighted by Crippen LogP contribution is 2.52. The van der Waals surface area contributed by atoms with E-state index in [0.29, 0.717) is 34.5 Å². The first-order valence-electron chi connectivity index (χ1n) is 10.8. The second-order valence-electron chi connectivity index (χ2n) is 8.38. The number of likely N-dealkylation sites (N-methyl/N-ethyl adjacent to an activating group) is 1. The minimum absolute atomic E-state index is 0.0163. The lowest BCUT2D eigenvalue weighted by Crippen LogP contribution is -2.53. The van der Waals surface area contributed by atoms with Crippen LogP contribution in [0.4, 0.5) is 5.69 Å². The third kappa shape index (κ3) is 2.36. The minimum Gasteiger partial charge on any atom is -0.467 e. The van der Waals surface area contributed by atoms with Crippen molar-refractivity contribution >= 4 is 28.5 Å². The molecule has 0 aliphatic carbocycles. The van der Waals surface area contributed by atoms with Gasteiger partial charge in [-0.2, -0.15) is 0 Å². The van der Waals surface area contributed by atoms with E-state index in [9.17, 15) is 14.4 Å². The predicted octanol–water partition coefficient (Wildman–Crippen LogP) is 3.96. The third-order valence-electron chi connectivity index (χ3n) is 6.60. The first kappa shape index (κ1) is 19.5. The zero-order valence-electron chi connectivity index (χ0n) is 18.1. The molecule has 2 aliphatic heterocycles. The van der Waals surface area contributed by atoms with Crippen molar-refractivity contribution in [1.29, 1.82) is 0 Å². The summed E-state index contributed by atoms with van der Waals surface area (Å²) >= 11 is 0. The maximum absolute atomic E-state index is 14.1. The molecule has 4 heterocycles. The Bertz CT molecular complexity index is 1520. The van der Waals surface area contributed by atoms with Crippen molar-refractivity contribution in [3.05, 3.63) is 99.3 Å². The van der Waals surface area contributed by atoms with Gasteiger partial charge in [0.05, 0.1) is 29.4 Å². The van der Waals surface area contributed by atoms with Crippen LogP contribution in [0, 0.1) is 6.92 Å². The number of carbonyl (C=O) groups is 2. The molecule has 0 fully saturated rings. The van der Waals surface area contributed by atoms with Gasteiger partial charge in [0.15, 0.2) is 11.0 Å². The van der Waals surface area contributed by atoms with Crippen molar-refractivity contribution < 1.29 is 18.4 Å². The van der Waals surface area contributed by atoms with Gasteiger partial charge in [-0.1, -0.05) is 29.8 Å². The highest BCUT2D eigenvalue weighted by molar-refractivity contribution is 6.17. The molecule has 1 unspecified atom stereocenters. The van der Waals surface area contributed by atoms with Crippen LogP contribution >= 0.6 is 0 Å². The summed E-state index contributed by atoms with van der Waals surface area (Å²) in [5.41, 5.74) is 0.558. The molecule has 1 atom stereocenters. The Morgan fingerprint density at radius 1 is 1.00 bits per heavy atom. The maximum Gasteiger partial charge on any atom is 0.291 e. The van der Waals surface area contributed by atoms with Crippen LogP contribution in [0.1, 0.15) is 39.9 Å². The van der Waals surface area contributed by atoms with Crippen molar-refractivity contribution in [2.45, 2.75) is 25.9 Å². The lowest BCUT2D eigenvalue weighted by Gasteiger charge is -2.33. The average molecular weight is 440 g/mol. The lowest BCUT2D eigenvalue weighted by atomic mass is 9.84. The summed E-state index contributed by atoms with van der Waals surface area (Å²) in [6, 6.07) is 16.0. The second-order valence-corrected chi connectivity index (χ2v) is 8.38. The van der Waals surface area contributed by atoms with Crippen LogP contribution in [0.2, 0.25) is 0 Å². The molecule has 2 aliphatic rings. The molecule has 2 amide bonds. The highest BCUT2D eigenvalue weighted by atomic mass is 16.4. The van der Waals surface area contributed by atoms with Gasteiger partial charge in [-0.3, -0.25) is 14.4 Å². The van der Waals surface area contributed by atoms with E-state index in [-0.39, 0.29) is 29.2 Å². The van der Waals surface area contributed by atoms with Crippen LogP contribution in [-0.4, -0.2) is 23.3 Å². The fraction of sp³-hybridized carbons (Fsp3) is 0.192. The third-order valence-corrected chi connectivity index (χ3v) is 6.60. The summed E-state index contributed by atoms with van der Waals surface area (Å²) < 4.78 is 11.5. The quantitative estimate of drug-likeness (QED) is 0.482. The summed E-state index contributed by atoms with van der Waals surface area (Å²) in [6.07, 6.45) is 1.51. The molecule has 7 heteroatoms. The van der Waals surface area contributed by atoms with E-state index in [2.05, 4.69) is 0 Å². The summed E-state index contributed by atoms with van der Waals surface area (Å²) in [5.74, 6) is -0.445. The number of amides is 2. The average Bonchev–Trinajstić information content (AvgIpc) is 3.48. The molecule has 0 bridgehead atoms. The molecular weight excluding hydrogens is 420 g/mol. The Hall–Kier alpha value is -4.13. The standard InChI is InChI=1S/C26H20N2O5/c1-3-27-19-9-5-4-8-18(19)26(25(27)31)21-22(29)17-13-15(2)10-11-20(17)33-23(21)24(30)28(26)14-16-7-6-12-32-16/h4-13H,3,14H2,1-2H3. The monoisotopic (exact) mass is 440 g/mol. The minimum atomic E-state index is -1.62. The van der Waals surface area contributed by atoms with E-state index in [4.69, 9.17) is 8.83 Å². The maximum atomic E-state index is 14.1. The smallest absolute Gasteiger partial charge is 0.291 e. The number of benzene rings is 2. The number of para-hydroxylation sites is 1. The molecule has 6 rings (SSSR count). The molecule has 0 N–H and O–H groups in total. The van der Waals surface area contributed by atoms with Gasteiger partial charge in [0.1, 0.15) is 11.3 Å². The number of nitrogens with zero attached hydrogens (tertiary/aromatic N) is 2. The van der Waals surface area contributed by atoms with Crippen molar-refractivity contribution in [2.24, 2.45) is 0 Å². The van der Waals surface area contributed by atoms with Crippen molar-refractivity contribution in [3.63, 3.8) is 0 Å². The molecule has 4 aromatic rings. The topological polar surface area (TPSA) is 84.0 Å². The summed E-state index contributed by atoms with van der Waals surface area (Å²) in [4.78, 5) is 44.9. The van der Waals surface area contributed by atoms with E-state index < -0.39 is 11.4 Å². The molecule has 1 spiro atoms. The number of anilines is 1. The van der Waals surface area contributed by atoms with Gasteiger partial charge in [0, 0.05) is 12.1 Å². The Morgan fingerprint density at radius 2 is 1.82 bits per heavy atom. The summed E-state index contributed by atoms with van der Waals surface area (Å²) in [7, 11) is 0. The number of hydrogen-bond donors (Lipinski definition) is 0. The number of rotatable bonds is 3. The first-order valence-corrected chi connectivity index (χ1v) is 10.8. The number of hydrogen-bond acceptors (Lipinski definition) is 5. The predicted molar refractivity (Wildman–Crippen MR) is 121 cm³/mol. The van der Waals surface area contributed by atoms with E-state index >= 15 is 0 Å². The fourth-order valence-corrected chi connectivity index (χ4v) is 5.20. The van der Waals surface area contributed by atoms with Crippen molar-refractivity contribution in [2.75, 3.05) is 11.4 Å². The van der Waals surface area contributed by atoms with E-state index in [1.54, 1.807) is 35.2 Å². The first-order chi connectivity index (χ1) is 16.0. The Balaban J connectivity index is 1.74. The molecule has 0 radical (unpaired) electrons. The van der Waals surface area contributed by atoms with Gasteiger partial charge >= 0.3 is 0 Å². The van der Waals surface area contributed by atoms with E-state index in [0.717, 1.165) is 5.56 Å². The molecule has 0 saturated carbocycles. The van der Waals surface area contributed by atoms with Gasteiger partial charge in [-0.15, -0.1) is 0 Å². The van der Waals surface area contributed by atoms with Gasteiger partial charge < -0.3 is 18.6 Å². The molecule has 164 valence electrons. The molecule has 0 saturated heterocycles. The van der Waals surface area contributed by atoms with Gasteiger partial charge in [-0.25, -0.2) is 0 Å².